The third-order valence-electron chi connectivity index (χ3n) is 12.0. The van der Waals surface area contributed by atoms with Crippen molar-refractivity contribution in [3.63, 3.8) is 0 Å². The molecule has 9 rings (SSSR count). The fourth-order valence-electron chi connectivity index (χ4n) is 10.4. The topological polar surface area (TPSA) is 135 Å². The summed E-state index contributed by atoms with van der Waals surface area (Å²) in [6, 6.07) is 1.75. The van der Waals surface area contributed by atoms with E-state index in [0.717, 1.165) is 24.9 Å². The predicted molar refractivity (Wildman–Crippen MR) is 155 cm³/mol. The van der Waals surface area contributed by atoms with Gasteiger partial charge in [0.1, 0.15) is 5.69 Å². The average Bonchev–Trinajstić information content (AvgIpc) is 2.99. The third-order valence-corrected chi connectivity index (χ3v) is 12.0. The second-order valence-electron chi connectivity index (χ2n) is 14.1. The number of morpholine rings is 2. The number of nitro groups is 1. The summed E-state index contributed by atoms with van der Waals surface area (Å²) in [5.74, 6) is 0.782. The van der Waals surface area contributed by atoms with Crippen LogP contribution >= 0.6 is 0 Å². The molecule has 43 heavy (non-hydrogen) atoms. The Kier molecular flexibility index (Phi) is 6.11. The summed E-state index contributed by atoms with van der Waals surface area (Å²) < 4.78 is 11.4. The van der Waals surface area contributed by atoms with E-state index in [4.69, 9.17) is 9.47 Å². The van der Waals surface area contributed by atoms with Gasteiger partial charge in [-0.05, 0) is 80.2 Å². The Bertz CT molecular complexity index is 1370. The molecule has 12 nitrogen and oxygen atoms in total. The first-order valence-corrected chi connectivity index (χ1v) is 15.9. The molecule has 4 heterocycles. The highest BCUT2D eigenvalue weighted by Gasteiger charge is 2.65. The molecule has 7 fully saturated rings. The number of carbonyl (C=O) groups excluding carboxylic acids is 3. The number of ether oxygens (including phenoxy) is 2. The van der Waals surface area contributed by atoms with E-state index in [0.29, 0.717) is 68.5 Å². The summed E-state index contributed by atoms with van der Waals surface area (Å²) in [6.07, 6.45) is 6.72. The van der Waals surface area contributed by atoms with Gasteiger partial charge in [-0.25, -0.2) is 4.79 Å². The molecule has 4 aliphatic carbocycles. The van der Waals surface area contributed by atoms with Crippen molar-refractivity contribution >= 4 is 34.9 Å². The molecule has 3 atom stereocenters. The molecule has 12 heteroatoms. The first-order chi connectivity index (χ1) is 20.7. The van der Waals surface area contributed by atoms with Gasteiger partial charge in [-0.15, -0.1) is 0 Å². The molecule has 4 amide bonds. The standard InChI is InChI=1S/C31H39N5O7/c1-18(30-13-19-8-20(14-30)10-21(9-19)15-30)35-28(38)31(27(37)32-29(35)39)16-22-11-25(36(40)41)24(33-2-5-42-6-3-33)12-23(22)34-4-7-43-17-26(31)34/h11-12,18-21,26H,2-10,13-17H2,1H3,(H,32,37,39)/t18-,19?,20?,21?,26-,30?,31+/m1/s1. The quantitative estimate of drug-likeness (QED) is 0.318. The van der Waals surface area contributed by atoms with Gasteiger partial charge < -0.3 is 19.3 Å². The maximum Gasteiger partial charge on any atom is 0.331 e. The minimum absolute atomic E-state index is 0.0286. The fraction of sp³-hybridized carbons (Fsp3) is 0.710. The molecule has 3 saturated heterocycles. The number of nitrogens with zero attached hydrogens (tertiary/aromatic N) is 4. The van der Waals surface area contributed by atoms with Crippen LogP contribution < -0.4 is 15.1 Å². The van der Waals surface area contributed by atoms with E-state index in [9.17, 15) is 24.5 Å². The van der Waals surface area contributed by atoms with Crippen LogP contribution in [0.15, 0.2) is 12.1 Å². The van der Waals surface area contributed by atoms with Gasteiger partial charge in [0.05, 0.1) is 37.4 Å². The maximum atomic E-state index is 14.9. The summed E-state index contributed by atoms with van der Waals surface area (Å²) in [6.45, 7) is 5.02. The first kappa shape index (κ1) is 27.3. The zero-order chi connectivity index (χ0) is 29.7. The normalized spacial score (nSPS) is 37.3. The number of urea groups is 1. The molecule has 1 aromatic carbocycles. The van der Waals surface area contributed by atoms with Gasteiger partial charge in [-0.2, -0.15) is 0 Å². The Balaban J connectivity index is 1.21. The zero-order valence-corrected chi connectivity index (χ0v) is 24.6. The summed E-state index contributed by atoms with van der Waals surface area (Å²) in [5, 5.41) is 14.9. The fourth-order valence-corrected chi connectivity index (χ4v) is 10.4. The molecular formula is C31H39N5O7. The number of rotatable bonds is 4. The van der Waals surface area contributed by atoms with Crippen molar-refractivity contribution in [3.05, 3.63) is 27.8 Å². The zero-order valence-electron chi connectivity index (χ0n) is 24.6. The van der Waals surface area contributed by atoms with Gasteiger partial charge in [0, 0.05) is 43.9 Å². The van der Waals surface area contributed by atoms with Crippen LogP contribution in [0.3, 0.4) is 0 Å². The van der Waals surface area contributed by atoms with E-state index in [1.807, 2.05) is 22.8 Å². The minimum Gasteiger partial charge on any atom is -0.378 e. The molecule has 8 aliphatic rings. The predicted octanol–water partition coefficient (Wildman–Crippen LogP) is 2.86. The highest BCUT2D eigenvalue weighted by Crippen LogP contribution is 2.62. The van der Waals surface area contributed by atoms with Crippen molar-refractivity contribution in [3.8, 4) is 0 Å². The summed E-state index contributed by atoms with van der Waals surface area (Å²) >= 11 is 0. The Morgan fingerprint density at radius 3 is 2.26 bits per heavy atom. The molecule has 4 saturated carbocycles. The van der Waals surface area contributed by atoms with Crippen molar-refractivity contribution in [1.29, 1.82) is 0 Å². The molecule has 0 unspecified atom stereocenters. The number of anilines is 2. The van der Waals surface area contributed by atoms with E-state index in [-0.39, 0.29) is 30.2 Å². The van der Waals surface area contributed by atoms with Crippen molar-refractivity contribution in [2.24, 2.45) is 28.6 Å². The van der Waals surface area contributed by atoms with Gasteiger partial charge in [-0.3, -0.25) is 29.9 Å². The molecule has 1 spiro atoms. The molecule has 0 aromatic heterocycles. The van der Waals surface area contributed by atoms with Crippen LogP contribution in [0.5, 0.6) is 0 Å². The Morgan fingerprint density at radius 1 is 0.953 bits per heavy atom. The van der Waals surface area contributed by atoms with Gasteiger partial charge in [0.15, 0.2) is 5.41 Å². The van der Waals surface area contributed by atoms with Crippen LogP contribution in [0.4, 0.5) is 21.9 Å². The lowest BCUT2D eigenvalue weighted by Gasteiger charge is -2.61. The highest BCUT2D eigenvalue weighted by molar-refractivity contribution is 6.20. The molecule has 4 aliphatic heterocycles. The molecule has 1 aromatic rings. The number of amides is 4. The molecule has 0 radical (unpaired) electrons. The lowest BCUT2D eigenvalue weighted by Crippen LogP contribution is -2.76. The number of nitro benzene ring substituents is 1. The number of benzene rings is 1. The van der Waals surface area contributed by atoms with E-state index in [1.165, 1.54) is 30.2 Å². The van der Waals surface area contributed by atoms with Gasteiger partial charge in [0.25, 0.3) is 5.69 Å². The maximum absolute atomic E-state index is 14.9. The van der Waals surface area contributed by atoms with Crippen molar-refractivity contribution in [2.45, 2.75) is 64.0 Å². The molecule has 4 bridgehead atoms. The number of barbiturate groups is 1. The number of fused-ring (bicyclic) bond motifs is 4. The highest BCUT2D eigenvalue weighted by atomic mass is 16.6. The van der Waals surface area contributed by atoms with Crippen LogP contribution in [0.25, 0.3) is 0 Å². The van der Waals surface area contributed by atoms with Crippen LogP contribution in [0.2, 0.25) is 0 Å². The minimum atomic E-state index is -1.63. The largest absolute Gasteiger partial charge is 0.378 e. The lowest BCUT2D eigenvalue weighted by atomic mass is 9.47. The average molecular weight is 594 g/mol. The van der Waals surface area contributed by atoms with Gasteiger partial charge in [0.2, 0.25) is 11.8 Å². The van der Waals surface area contributed by atoms with Crippen LogP contribution in [0.1, 0.15) is 51.0 Å². The number of imide groups is 2. The second-order valence-corrected chi connectivity index (χ2v) is 14.1. The van der Waals surface area contributed by atoms with Crippen LogP contribution in [-0.2, 0) is 25.5 Å². The number of hydrogen-bond acceptors (Lipinski definition) is 9. The Morgan fingerprint density at radius 2 is 1.60 bits per heavy atom. The number of carbonyl (C=O) groups is 3. The van der Waals surface area contributed by atoms with E-state index < -0.39 is 34.2 Å². The molecular weight excluding hydrogens is 554 g/mol. The summed E-state index contributed by atoms with van der Waals surface area (Å²) in [5.41, 5.74) is 0.0452. The van der Waals surface area contributed by atoms with Crippen molar-refractivity contribution < 1.29 is 28.8 Å². The third kappa shape index (κ3) is 3.91. The van der Waals surface area contributed by atoms with E-state index >= 15 is 0 Å². The lowest BCUT2D eigenvalue weighted by molar-refractivity contribution is -0.384. The number of hydrogen-bond donors (Lipinski definition) is 1. The van der Waals surface area contributed by atoms with Gasteiger partial charge >= 0.3 is 6.03 Å². The van der Waals surface area contributed by atoms with Gasteiger partial charge in [-0.1, -0.05) is 0 Å². The Labute approximate surface area is 250 Å². The van der Waals surface area contributed by atoms with Crippen molar-refractivity contribution in [2.75, 3.05) is 55.9 Å². The first-order valence-electron chi connectivity index (χ1n) is 15.9. The van der Waals surface area contributed by atoms with Crippen LogP contribution in [0, 0.1) is 38.7 Å². The number of nitrogens with one attached hydrogen (secondary N) is 1. The SMILES string of the molecule is C[C@@H](N1C(=O)NC(=O)[C@@]2(Cc3cc([N+](=O)[O-])c(N4CCOCC4)cc3N3CCOC[C@@H]32)C1=O)C12CC3CC(CC(C3)C1)C2. The second kappa shape index (κ2) is 9.62. The summed E-state index contributed by atoms with van der Waals surface area (Å²) in [7, 11) is 0. The summed E-state index contributed by atoms with van der Waals surface area (Å²) in [4.78, 5) is 59.7. The molecule has 1 N–H and O–H groups in total. The van der Waals surface area contributed by atoms with E-state index in [1.54, 1.807) is 0 Å². The Hall–Kier alpha value is -3.25. The van der Waals surface area contributed by atoms with E-state index in [2.05, 4.69) is 5.32 Å². The van der Waals surface area contributed by atoms with Crippen LogP contribution in [-0.4, -0.2) is 85.8 Å². The monoisotopic (exact) mass is 593 g/mol. The smallest absolute Gasteiger partial charge is 0.331 e. The van der Waals surface area contributed by atoms with Crippen molar-refractivity contribution in [1.82, 2.24) is 10.2 Å². The molecule has 230 valence electrons.